The number of aromatic hydroxyl groups is 1. The molecular formula is C18H31NO3. The number of nitrogens with one attached hydrogen (secondary N) is 1. The Morgan fingerprint density at radius 1 is 0.955 bits per heavy atom. The van der Waals surface area contributed by atoms with E-state index in [1.807, 2.05) is 41.5 Å². The highest BCUT2D eigenvalue weighted by Gasteiger charge is 2.29. The Kier molecular flexibility index (Phi) is 5.66. The number of aliphatic hydroxyl groups excluding tert-OH is 2. The first-order valence-corrected chi connectivity index (χ1v) is 7.78. The van der Waals surface area contributed by atoms with Gasteiger partial charge in [0.15, 0.2) is 0 Å². The van der Waals surface area contributed by atoms with Crippen molar-refractivity contribution in [3.63, 3.8) is 0 Å². The van der Waals surface area contributed by atoms with Gasteiger partial charge in [0.25, 0.3) is 0 Å². The van der Waals surface area contributed by atoms with Crippen LogP contribution in [0.4, 0.5) is 0 Å². The minimum Gasteiger partial charge on any atom is -0.507 e. The number of rotatable bonds is 4. The Hall–Kier alpha value is -1.10. The summed E-state index contributed by atoms with van der Waals surface area (Å²) in [6.07, 6.45) is -1.88. The number of phenols is 1. The van der Waals surface area contributed by atoms with Crippen LogP contribution in [-0.2, 0) is 10.8 Å². The summed E-state index contributed by atoms with van der Waals surface area (Å²) in [6.45, 7) is 12.4. The molecule has 0 aliphatic carbocycles. The highest BCUT2D eigenvalue weighted by molar-refractivity contribution is 5.50. The third-order valence-electron chi connectivity index (χ3n) is 3.87. The van der Waals surface area contributed by atoms with E-state index < -0.39 is 12.2 Å². The largest absolute Gasteiger partial charge is 0.507 e. The van der Waals surface area contributed by atoms with Crippen LogP contribution in [0.25, 0.3) is 0 Å². The zero-order valence-corrected chi connectivity index (χ0v) is 14.9. The Morgan fingerprint density at radius 3 is 1.68 bits per heavy atom. The Balaban J connectivity index is 3.48. The topological polar surface area (TPSA) is 72.7 Å². The van der Waals surface area contributed by atoms with E-state index in [1.165, 1.54) is 0 Å². The van der Waals surface area contributed by atoms with E-state index in [4.69, 9.17) is 0 Å². The maximum Gasteiger partial charge on any atom is 0.123 e. The van der Waals surface area contributed by atoms with Gasteiger partial charge in [0.05, 0.1) is 6.10 Å². The van der Waals surface area contributed by atoms with E-state index in [0.29, 0.717) is 12.1 Å². The number of benzene rings is 1. The van der Waals surface area contributed by atoms with Gasteiger partial charge in [0.1, 0.15) is 11.9 Å². The second-order valence-electron chi connectivity index (χ2n) is 8.03. The first-order chi connectivity index (χ1) is 9.89. The molecule has 0 fully saturated rings. The van der Waals surface area contributed by atoms with Crippen LogP contribution in [0.2, 0.25) is 0 Å². The van der Waals surface area contributed by atoms with Gasteiger partial charge in [-0.05, 0) is 46.7 Å². The molecule has 0 heterocycles. The van der Waals surface area contributed by atoms with Crippen molar-refractivity contribution in [1.29, 1.82) is 0 Å². The smallest absolute Gasteiger partial charge is 0.123 e. The Labute approximate surface area is 134 Å². The van der Waals surface area contributed by atoms with Crippen LogP contribution < -0.4 is 5.32 Å². The SMILES string of the molecule is CNCC(O)C(O)c1cc(C(C)(C)C)c(O)c(C(C)(C)C)c1. The molecule has 0 aliphatic rings. The van der Waals surface area contributed by atoms with Gasteiger partial charge in [-0.2, -0.15) is 0 Å². The quantitative estimate of drug-likeness (QED) is 0.690. The van der Waals surface area contributed by atoms with Crippen molar-refractivity contribution < 1.29 is 15.3 Å². The molecule has 4 nitrogen and oxygen atoms in total. The fraction of sp³-hybridized carbons (Fsp3) is 0.667. The van der Waals surface area contributed by atoms with Crippen LogP contribution in [0, 0.1) is 0 Å². The van der Waals surface area contributed by atoms with Crippen molar-refractivity contribution in [1.82, 2.24) is 5.32 Å². The van der Waals surface area contributed by atoms with E-state index >= 15 is 0 Å². The maximum absolute atomic E-state index is 10.7. The molecule has 1 aromatic rings. The zero-order chi connectivity index (χ0) is 17.3. The van der Waals surface area contributed by atoms with Crippen molar-refractivity contribution in [2.45, 2.75) is 64.6 Å². The van der Waals surface area contributed by atoms with Crippen LogP contribution in [0.3, 0.4) is 0 Å². The fourth-order valence-electron chi connectivity index (χ4n) is 2.51. The predicted octanol–water partition coefficient (Wildman–Crippen LogP) is 2.60. The molecular weight excluding hydrogens is 278 g/mol. The molecule has 0 spiro atoms. The standard InChI is InChI=1S/C18H31NO3/c1-17(2,3)12-8-11(15(21)14(20)10-19-7)9-13(16(12)22)18(4,5)6/h8-9,14-15,19-22H,10H2,1-7H3. The molecule has 1 aromatic carbocycles. The minimum atomic E-state index is -0.991. The lowest BCUT2D eigenvalue weighted by Crippen LogP contribution is -2.30. The van der Waals surface area contributed by atoms with Gasteiger partial charge in [0, 0.05) is 6.54 Å². The average molecular weight is 309 g/mol. The summed E-state index contributed by atoms with van der Waals surface area (Å²) in [5.74, 6) is 0.277. The molecule has 2 atom stereocenters. The van der Waals surface area contributed by atoms with Crippen LogP contribution in [-0.4, -0.2) is 35.0 Å². The van der Waals surface area contributed by atoms with Gasteiger partial charge in [-0.1, -0.05) is 41.5 Å². The lowest BCUT2D eigenvalue weighted by Gasteiger charge is -2.29. The molecule has 0 radical (unpaired) electrons. The average Bonchev–Trinajstić information content (AvgIpc) is 2.35. The van der Waals surface area contributed by atoms with E-state index in [9.17, 15) is 15.3 Å². The lowest BCUT2D eigenvalue weighted by molar-refractivity contribution is 0.0200. The summed E-state index contributed by atoms with van der Waals surface area (Å²) < 4.78 is 0. The van der Waals surface area contributed by atoms with Crippen molar-refractivity contribution >= 4 is 0 Å². The molecule has 0 aromatic heterocycles. The summed E-state index contributed by atoms with van der Waals surface area (Å²) >= 11 is 0. The number of aliphatic hydroxyl groups is 2. The third kappa shape index (κ3) is 4.22. The summed E-state index contributed by atoms with van der Waals surface area (Å²) in [5, 5.41) is 34.0. The van der Waals surface area contributed by atoms with E-state index in [-0.39, 0.29) is 16.6 Å². The van der Waals surface area contributed by atoms with Crippen LogP contribution in [0.15, 0.2) is 12.1 Å². The molecule has 1 rings (SSSR count). The number of hydrogen-bond donors (Lipinski definition) is 4. The molecule has 4 N–H and O–H groups in total. The molecule has 0 aliphatic heterocycles. The monoisotopic (exact) mass is 309 g/mol. The zero-order valence-electron chi connectivity index (χ0n) is 14.9. The van der Waals surface area contributed by atoms with Crippen molar-refractivity contribution in [3.8, 4) is 5.75 Å². The first kappa shape index (κ1) is 18.9. The molecule has 0 saturated heterocycles. The fourth-order valence-corrected chi connectivity index (χ4v) is 2.51. The minimum absolute atomic E-state index is 0.256. The maximum atomic E-state index is 10.7. The van der Waals surface area contributed by atoms with Gasteiger partial charge >= 0.3 is 0 Å². The molecule has 0 bridgehead atoms. The third-order valence-corrected chi connectivity index (χ3v) is 3.87. The summed E-state index contributed by atoms with van der Waals surface area (Å²) in [5.41, 5.74) is 1.69. The van der Waals surface area contributed by atoms with Crippen molar-refractivity contribution in [2.24, 2.45) is 0 Å². The molecule has 126 valence electrons. The van der Waals surface area contributed by atoms with Crippen LogP contribution in [0.1, 0.15) is 64.3 Å². The normalized spacial score (nSPS) is 15.7. The van der Waals surface area contributed by atoms with Crippen molar-refractivity contribution in [2.75, 3.05) is 13.6 Å². The summed E-state index contributed by atoms with van der Waals surface area (Å²) in [4.78, 5) is 0. The van der Waals surface area contributed by atoms with Gasteiger partial charge in [-0.3, -0.25) is 0 Å². The van der Waals surface area contributed by atoms with Crippen LogP contribution >= 0.6 is 0 Å². The van der Waals surface area contributed by atoms with Gasteiger partial charge in [0.2, 0.25) is 0 Å². The van der Waals surface area contributed by atoms with Gasteiger partial charge in [-0.15, -0.1) is 0 Å². The highest BCUT2D eigenvalue weighted by Crippen LogP contribution is 2.41. The van der Waals surface area contributed by atoms with Gasteiger partial charge < -0.3 is 20.6 Å². The van der Waals surface area contributed by atoms with E-state index in [1.54, 1.807) is 19.2 Å². The summed E-state index contributed by atoms with van der Waals surface area (Å²) in [7, 11) is 1.73. The number of phenolic OH excluding ortho intramolecular Hbond substituents is 1. The molecule has 0 amide bonds. The first-order valence-electron chi connectivity index (χ1n) is 7.78. The predicted molar refractivity (Wildman–Crippen MR) is 90.4 cm³/mol. The van der Waals surface area contributed by atoms with E-state index in [0.717, 1.165) is 11.1 Å². The highest BCUT2D eigenvalue weighted by atomic mass is 16.3. The van der Waals surface area contributed by atoms with Crippen molar-refractivity contribution in [3.05, 3.63) is 28.8 Å². The molecule has 0 saturated carbocycles. The second-order valence-corrected chi connectivity index (χ2v) is 8.03. The van der Waals surface area contributed by atoms with E-state index in [2.05, 4.69) is 5.32 Å². The molecule has 22 heavy (non-hydrogen) atoms. The second kappa shape index (κ2) is 6.57. The molecule has 4 heteroatoms. The number of hydrogen-bond acceptors (Lipinski definition) is 4. The number of likely N-dealkylation sites (N-methyl/N-ethyl adjacent to an activating group) is 1. The molecule has 2 unspecified atom stereocenters. The Morgan fingerprint density at radius 2 is 1.36 bits per heavy atom. The summed E-state index contributed by atoms with van der Waals surface area (Å²) in [6, 6.07) is 3.60. The van der Waals surface area contributed by atoms with Crippen LogP contribution in [0.5, 0.6) is 5.75 Å². The Bertz CT molecular complexity index is 477. The lowest BCUT2D eigenvalue weighted by atomic mass is 9.77. The van der Waals surface area contributed by atoms with Gasteiger partial charge in [-0.25, -0.2) is 0 Å².